The van der Waals surface area contributed by atoms with E-state index in [1.165, 1.54) is 18.3 Å². The Labute approximate surface area is 140 Å². The van der Waals surface area contributed by atoms with Gasteiger partial charge in [0.1, 0.15) is 5.82 Å². The molecule has 1 N–H and O–H groups in total. The monoisotopic (exact) mass is 330 g/mol. The SMILES string of the molecule is O=[N+]([O-])c1ccc(N2CCC(CCc3ccccc3F)CC2)[nH+]c1. The van der Waals surface area contributed by atoms with E-state index in [1.54, 1.807) is 12.1 Å². The van der Waals surface area contributed by atoms with Crippen molar-refractivity contribution < 1.29 is 14.3 Å². The summed E-state index contributed by atoms with van der Waals surface area (Å²) in [4.78, 5) is 15.5. The Morgan fingerprint density at radius 2 is 1.96 bits per heavy atom. The van der Waals surface area contributed by atoms with Gasteiger partial charge in [0.05, 0.1) is 18.0 Å². The predicted octanol–water partition coefficient (Wildman–Crippen LogP) is 3.40. The van der Waals surface area contributed by atoms with Gasteiger partial charge in [-0.2, -0.15) is 0 Å². The Morgan fingerprint density at radius 3 is 2.58 bits per heavy atom. The van der Waals surface area contributed by atoms with Crippen LogP contribution in [0.3, 0.4) is 0 Å². The average Bonchev–Trinajstić information content (AvgIpc) is 2.62. The van der Waals surface area contributed by atoms with Gasteiger partial charge in [0.25, 0.3) is 5.82 Å². The van der Waals surface area contributed by atoms with Crippen molar-refractivity contribution in [3.05, 3.63) is 64.1 Å². The van der Waals surface area contributed by atoms with Gasteiger partial charge in [-0.15, -0.1) is 0 Å². The van der Waals surface area contributed by atoms with Crippen molar-refractivity contribution in [2.24, 2.45) is 5.92 Å². The summed E-state index contributed by atoms with van der Waals surface area (Å²) in [7, 11) is 0. The summed E-state index contributed by atoms with van der Waals surface area (Å²) in [6.07, 6.45) is 5.32. The molecule has 0 bridgehead atoms. The zero-order chi connectivity index (χ0) is 16.9. The van der Waals surface area contributed by atoms with E-state index in [-0.39, 0.29) is 11.5 Å². The molecular weight excluding hydrogens is 309 g/mol. The Hall–Kier alpha value is -2.50. The van der Waals surface area contributed by atoms with E-state index in [0.29, 0.717) is 5.92 Å². The number of hydrogen-bond acceptors (Lipinski definition) is 3. The van der Waals surface area contributed by atoms with Crippen LogP contribution in [0, 0.1) is 21.8 Å². The largest absolute Gasteiger partial charge is 0.308 e. The maximum Gasteiger partial charge on any atom is 0.308 e. The molecule has 1 saturated heterocycles. The van der Waals surface area contributed by atoms with Crippen molar-refractivity contribution in [3.63, 3.8) is 0 Å². The molecule has 0 radical (unpaired) electrons. The lowest BCUT2D eigenvalue weighted by molar-refractivity contribution is -0.414. The van der Waals surface area contributed by atoms with Crippen molar-refractivity contribution in [1.29, 1.82) is 0 Å². The van der Waals surface area contributed by atoms with Gasteiger partial charge < -0.3 is 0 Å². The molecular formula is C18H21FN3O2+. The molecule has 0 atom stereocenters. The summed E-state index contributed by atoms with van der Waals surface area (Å²) < 4.78 is 13.7. The average molecular weight is 330 g/mol. The summed E-state index contributed by atoms with van der Waals surface area (Å²) in [5.41, 5.74) is 0.863. The molecule has 2 aromatic rings. The molecule has 1 aromatic carbocycles. The molecule has 3 rings (SSSR count). The second-order valence-corrected chi connectivity index (χ2v) is 6.25. The summed E-state index contributed by atoms with van der Waals surface area (Å²) in [5, 5.41) is 10.7. The Balaban J connectivity index is 1.50. The maximum absolute atomic E-state index is 13.7. The lowest BCUT2D eigenvalue weighted by atomic mass is 9.90. The first-order chi connectivity index (χ1) is 11.6. The van der Waals surface area contributed by atoms with Gasteiger partial charge in [0.15, 0.2) is 6.20 Å². The van der Waals surface area contributed by atoms with E-state index in [9.17, 15) is 14.5 Å². The van der Waals surface area contributed by atoms with Crippen molar-refractivity contribution in [2.45, 2.75) is 25.7 Å². The molecule has 24 heavy (non-hydrogen) atoms. The Morgan fingerprint density at radius 1 is 1.21 bits per heavy atom. The zero-order valence-corrected chi connectivity index (χ0v) is 13.5. The van der Waals surface area contributed by atoms with Crippen LogP contribution in [0.5, 0.6) is 0 Å². The molecule has 1 aliphatic rings. The number of aromatic amines is 1. The number of nitrogens with one attached hydrogen (secondary N) is 1. The number of pyridine rings is 1. The summed E-state index contributed by atoms with van der Waals surface area (Å²) >= 11 is 0. The van der Waals surface area contributed by atoms with Gasteiger partial charge in [0.2, 0.25) is 0 Å². The van der Waals surface area contributed by atoms with Crippen molar-refractivity contribution in [3.8, 4) is 0 Å². The minimum Gasteiger partial charge on any atom is -0.262 e. The standard InChI is InChI=1S/C18H20FN3O2/c19-17-4-2-1-3-15(17)6-5-14-9-11-21(12-10-14)18-8-7-16(13-20-18)22(23)24/h1-4,7-8,13-14H,5-6,9-12H2/p+1. The number of rotatable bonds is 5. The van der Waals surface area contributed by atoms with Crippen molar-refractivity contribution >= 4 is 11.5 Å². The molecule has 0 unspecified atom stereocenters. The number of halogens is 1. The summed E-state index contributed by atoms with van der Waals surface area (Å²) in [5.74, 6) is 1.39. The number of nitrogens with zero attached hydrogens (tertiary/aromatic N) is 2. The third-order valence-electron chi connectivity index (χ3n) is 4.73. The lowest BCUT2D eigenvalue weighted by Crippen LogP contribution is -2.37. The van der Waals surface area contributed by atoms with Crippen LogP contribution in [0.15, 0.2) is 42.6 Å². The van der Waals surface area contributed by atoms with Crippen LogP contribution in [0.1, 0.15) is 24.8 Å². The predicted molar refractivity (Wildman–Crippen MR) is 89.3 cm³/mol. The number of nitro groups is 1. The maximum atomic E-state index is 13.7. The highest BCUT2D eigenvalue weighted by Gasteiger charge is 2.25. The second kappa shape index (κ2) is 7.38. The smallest absolute Gasteiger partial charge is 0.262 e. The summed E-state index contributed by atoms with van der Waals surface area (Å²) in [6.45, 7) is 1.83. The molecule has 5 nitrogen and oxygen atoms in total. The first kappa shape index (κ1) is 16.4. The number of H-pyrrole nitrogens is 1. The highest BCUT2D eigenvalue weighted by atomic mass is 19.1. The van der Waals surface area contributed by atoms with Crippen LogP contribution in [0.4, 0.5) is 15.9 Å². The van der Waals surface area contributed by atoms with Crippen molar-refractivity contribution in [1.82, 2.24) is 0 Å². The number of anilines is 1. The molecule has 126 valence electrons. The molecule has 0 amide bonds. The molecule has 6 heteroatoms. The molecule has 0 saturated carbocycles. The number of aromatic nitrogens is 1. The molecule has 1 aromatic heterocycles. The fourth-order valence-corrected chi connectivity index (χ4v) is 3.24. The number of piperidine rings is 1. The third kappa shape index (κ3) is 3.88. The van der Waals surface area contributed by atoms with Crippen LogP contribution in [-0.4, -0.2) is 18.0 Å². The van der Waals surface area contributed by atoms with Gasteiger partial charge in [-0.3, -0.25) is 15.0 Å². The van der Waals surface area contributed by atoms with Gasteiger partial charge in [0, 0.05) is 12.1 Å². The van der Waals surface area contributed by atoms with Crippen LogP contribution in [-0.2, 0) is 6.42 Å². The van der Waals surface area contributed by atoms with Gasteiger partial charge in [-0.05, 0) is 43.2 Å². The quantitative estimate of drug-likeness (QED) is 0.623. The van der Waals surface area contributed by atoms with E-state index >= 15 is 0 Å². The van der Waals surface area contributed by atoms with Crippen molar-refractivity contribution in [2.75, 3.05) is 18.0 Å². The molecule has 0 aliphatic carbocycles. The van der Waals surface area contributed by atoms with E-state index in [4.69, 9.17) is 0 Å². The fourth-order valence-electron chi connectivity index (χ4n) is 3.24. The fraction of sp³-hybridized carbons (Fsp3) is 0.389. The molecule has 1 fully saturated rings. The van der Waals surface area contributed by atoms with E-state index < -0.39 is 4.92 Å². The first-order valence-corrected chi connectivity index (χ1v) is 8.28. The highest BCUT2D eigenvalue weighted by molar-refractivity contribution is 5.37. The van der Waals surface area contributed by atoms with E-state index in [0.717, 1.165) is 50.2 Å². The summed E-state index contributed by atoms with van der Waals surface area (Å²) in [6, 6.07) is 10.3. The third-order valence-corrected chi connectivity index (χ3v) is 4.73. The van der Waals surface area contributed by atoms with E-state index in [2.05, 4.69) is 9.88 Å². The first-order valence-electron chi connectivity index (χ1n) is 8.28. The van der Waals surface area contributed by atoms with E-state index in [1.807, 2.05) is 12.1 Å². The number of benzene rings is 1. The van der Waals surface area contributed by atoms with Crippen LogP contribution in [0.25, 0.3) is 0 Å². The minimum absolute atomic E-state index is 0.0681. The Bertz CT molecular complexity index is 698. The second-order valence-electron chi connectivity index (χ2n) is 6.25. The van der Waals surface area contributed by atoms with Gasteiger partial charge in [-0.1, -0.05) is 18.2 Å². The lowest BCUT2D eigenvalue weighted by Gasteiger charge is -2.27. The molecule has 0 spiro atoms. The normalized spacial score (nSPS) is 15.5. The van der Waals surface area contributed by atoms with Gasteiger partial charge in [-0.25, -0.2) is 9.37 Å². The minimum atomic E-state index is -0.408. The Kier molecular flexibility index (Phi) is 5.03. The number of aryl methyl sites for hydroxylation is 1. The zero-order valence-electron chi connectivity index (χ0n) is 13.5. The highest BCUT2D eigenvalue weighted by Crippen LogP contribution is 2.25. The number of hydrogen-bond donors (Lipinski definition) is 0. The van der Waals surface area contributed by atoms with Crippen LogP contribution >= 0.6 is 0 Å². The van der Waals surface area contributed by atoms with Crippen LogP contribution in [0.2, 0.25) is 0 Å². The van der Waals surface area contributed by atoms with Gasteiger partial charge >= 0.3 is 5.69 Å². The topological polar surface area (TPSA) is 60.5 Å². The molecule has 2 heterocycles. The van der Waals surface area contributed by atoms with Crippen LogP contribution < -0.4 is 9.88 Å². The molecule has 1 aliphatic heterocycles.